The van der Waals surface area contributed by atoms with Crippen LogP contribution in [0.2, 0.25) is 0 Å². The largest absolute Gasteiger partial charge is 0.462 e. The molecule has 0 saturated carbocycles. The molecular formula is C14H16N2O2. The minimum absolute atomic E-state index is 0.572. The van der Waals surface area contributed by atoms with Crippen molar-refractivity contribution in [1.82, 2.24) is 9.55 Å². The van der Waals surface area contributed by atoms with E-state index in [0.29, 0.717) is 6.61 Å². The highest BCUT2D eigenvalue weighted by Gasteiger charge is 2.29. The molecule has 3 rings (SSSR count). The van der Waals surface area contributed by atoms with Crippen molar-refractivity contribution in [3.8, 4) is 17.0 Å². The average molecular weight is 244 g/mol. The highest BCUT2D eigenvalue weighted by molar-refractivity contribution is 5.69. The summed E-state index contributed by atoms with van der Waals surface area (Å²) < 4.78 is 13.5. The Balaban J connectivity index is 2.12. The molecule has 2 heterocycles. The Morgan fingerprint density at radius 3 is 2.89 bits per heavy atom. The molecule has 4 nitrogen and oxygen atoms in total. The van der Waals surface area contributed by atoms with Crippen LogP contribution < -0.4 is 4.74 Å². The van der Waals surface area contributed by atoms with Gasteiger partial charge in [-0.2, -0.15) is 0 Å². The van der Waals surface area contributed by atoms with Gasteiger partial charge >= 0.3 is 0 Å². The summed E-state index contributed by atoms with van der Waals surface area (Å²) in [4.78, 5) is 4.38. The molecule has 2 aromatic rings. The Hall–Kier alpha value is -1.81. The molecule has 1 aromatic heterocycles. The zero-order chi connectivity index (χ0) is 12.8. The van der Waals surface area contributed by atoms with Gasteiger partial charge in [0.2, 0.25) is 5.79 Å². The van der Waals surface area contributed by atoms with Gasteiger partial charge in [-0.1, -0.05) is 12.1 Å². The number of rotatable bonds is 1. The molecule has 0 N–H and O–H groups in total. The summed E-state index contributed by atoms with van der Waals surface area (Å²) in [5, 5.41) is 0. The lowest BCUT2D eigenvalue weighted by Gasteiger charge is -2.33. The first-order chi connectivity index (χ1) is 8.55. The van der Waals surface area contributed by atoms with Crippen LogP contribution in [0.3, 0.4) is 0 Å². The number of nitrogens with zero attached hydrogens (tertiary/aromatic N) is 2. The third kappa shape index (κ3) is 1.88. The van der Waals surface area contributed by atoms with E-state index < -0.39 is 5.79 Å². The van der Waals surface area contributed by atoms with E-state index in [9.17, 15) is 0 Å². The van der Waals surface area contributed by atoms with Crippen molar-refractivity contribution >= 4 is 0 Å². The number of aryl methyl sites for hydroxylation is 1. The normalized spacial score (nSPS) is 17.1. The molecule has 0 saturated heterocycles. The fourth-order valence-corrected chi connectivity index (χ4v) is 2.10. The van der Waals surface area contributed by atoms with Crippen LogP contribution >= 0.6 is 0 Å². The molecule has 18 heavy (non-hydrogen) atoms. The van der Waals surface area contributed by atoms with Crippen molar-refractivity contribution in [3.05, 3.63) is 36.3 Å². The Bertz CT molecular complexity index is 587. The van der Waals surface area contributed by atoms with Gasteiger partial charge in [0.25, 0.3) is 0 Å². The number of hydrogen-bond donors (Lipinski definition) is 0. The summed E-state index contributed by atoms with van der Waals surface area (Å²) in [7, 11) is 1.96. The van der Waals surface area contributed by atoms with Gasteiger partial charge < -0.3 is 14.0 Å². The summed E-state index contributed by atoms with van der Waals surface area (Å²) in [6.45, 7) is 4.42. The maximum Gasteiger partial charge on any atom is 0.205 e. The minimum atomic E-state index is -0.585. The maximum absolute atomic E-state index is 5.94. The first-order valence-electron chi connectivity index (χ1n) is 5.98. The van der Waals surface area contributed by atoms with E-state index in [1.807, 2.05) is 49.9 Å². The van der Waals surface area contributed by atoms with Gasteiger partial charge in [-0.15, -0.1) is 0 Å². The van der Waals surface area contributed by atoms with E-state index in [4.69, 9.17) is 9.47 Å². The smallest absolute Gasteiger partial charge is 0.205 e. The van der Waals surface area contributed by atoms with Crippen LogP contribution in [0.15, 0.2) is 30.7 Å². The van der Waals surface area contributed by atoms with Gasteiger partial charge in [-0.05, 0) is 6.07 Å². The molecular weight excluding hydrogens is 228 g/mol. The molecule has 1 aliphatic heterocycles. The molecule has 1 aromatic carbocycles. The Labute approximate surface area is 106 Å². The van der Waals surface area contributed by atoms with Gasteiger partial charge in [-0.3, -0.25) is 0 Å². The summed E-state index contributed by atoms with van der Waals surface area (Å²) in [5.74, 6) is 0.296. The number of hydrogen-bond acceptors (Lipinski definition) is 3. The second-order valence-electron chi connectivity index (χ2n) is 5.01. The van der Waals surface area contributed by atoms with E-state index in [1.54, 1.807) is 6.33 Å². The zero-order valence-corrected chi connectivity index (χ0v) is 10.8. The number of fused-ring (bicyclic) bond motifs is 1. The minimum Gasteiger partial charge on any atom is -0.462 e. The van der Waals surface area contributed by atoms with Crippen molar-refractivity contribution in [2.45, 2.75) is 26.2 Å². The Morgan fingerprint density at radius 1 is 1.33 bits per heavy atom. The van der Waals surface area contributed by atoms with E-state index in [1.165, 1.54) is 0 Å². The van der Waals surface area contributed by atoms with Crippen molar-refractivity contribution in [2.75, 3.05) is 0 Å². The van der Waals surface area contributed by atoms with Crippen molar-refractivity contribution < 1.29 is 9.47 Å². The van der Waals surface area contributed by atoms with Crippen LogP contribution in [0, 0.1) is 0 Å². The predicted octanol–water partition coefficient (Wildman–Crippen LogP) is 2.73. The van der Waals surface area contributed by atoms with Gasteiger partial charge in [-0.25, -0.2) is 4.98 Å². The first kappa shape index (κ1) is 11.3. The fourth-order valence-electron chi connectivity index (χ4n) is 2.10. The van der Waals surface area contributed by atoms with Gasteiger partial charge in [0, 0.05) is 38.2 Å². The van der Waals surface area contributed by atoms with Crippen molar-refractivity contribution in [3.63, 3.8) is 0 Å². The molecule has 0 bridgehead atoms. The SMILES string of the molecule is Cn1cnc(-c2cccc3c2OC(C)(C)OC3)c1. The van der Waals surface area contributed by atoms with Crippen molar-refractivity contribution in [2.24, 2.45) is 7.05 Å². The van der Waals surface area contributed by atoms with Gasteiger partial charge in [0.1, 0.15) is 5.75 Å². The number of para-hydroxylation sites is 1. The summed E-state index contributed by atoms with van der Waals surface area (Å²) in [6.07, 6.45) is 3.78. The molecule has 0 atom stereocenters. The third-order valence-corrected chi connectivity index (χ3v) is 3.00. The standard InChI is InChI=1S/C14H16N2O2/c1-14(2)17-8-10-5-4-6-11(13(10)18-14)12-7-16(3)9-15-12/h4-7,9H,8H2,1-3H3. The summed E-state index contributed by atoms with van der Waals surface area (Å²) in [5.41, 5.74) is 3.01. The Kier molecular flexibility index (Phi) is 2.41. The van der Waals surface area contributed by atoms with Crippen LogP contribution in [-0.4, -0.2) is 15.3 Å². The van der Waals surface area contributed by atoms with E-state index >= 15 is 0 Å². The highest BCUT2D eigenvalue weighted by atomic mass is 16.7. The number of benzene rings is 1. The second-order valence-corrected chi connectivity index (χ2v) is 5.01. The van der Waals surface area contributed by atoms with Crippen LogP contribution in [0.25, 0.3) is 11.3 Å². The van der Waals surface area contributed by atoms with Crippen LogP contribution in [0.1, 0.15) is 19.4 Å². The highest BCUT2D eigenvalue weighted by Crippen LogP contribution is 2.38. The van der Waals surface area contributed by atoms with Crippen LogP contribution in [-0.2, 0) is 18.4 Å². The van der Waals surface area contributed by atoms with E-state index in [-0.39, 0.29) is 0 Å². The lowest BCUT2D eigenvalue weighted by molar-refractivity contribution is -0.179. The number of aromatic nitrogens is 2. The quantitative estimate of drug-likeness (QED) is 0.774. The second kappa shape index (κ2) is 3.85. The molecule has 1 aliphatic rings. The molecule has 0 radical (unpaired) electrons. The first-order valence-corrected chi connectivity index (χ1v) is 5.98. The topological polar surface area (TPSA) is 36.3 Å². The van der Waals surface area contributed by atoms with E-state index in [0.717, 1.165) is 22.6 Å². The molecule has 4 heteroatoms. The predicted molar refractivity (Wildman–Crippen MR) is 68.1 cm³/mol. The Morgan fingerprint density at radius 2 is 2.17 bits per heavy atom. The number of ether oxygens (including phenoxy) is 2. The molecule has 94 valence electrons. The molecule has 0 spiro atoms. The maximum atomic E-state index is 5.94. The summed E-state index contributed by atoms with van der Waals surface area (Å²) >= 11 is 0. The monoisotopic (exact) mass is 244 g/mol. The molecule has 0 aliphatic carbocycles. The molecule has 0 fully saturated rings. The van der Waals surface area contributed by atoms with Crippen LogP contribution in [0.4, 0.5) is 0 Å². The molecule has 0 amide bonds. The van der Waals surface area contributed by atoms with Crippen LogP contribution in [0.5, 0.6) is 5.75 Å². The zero-order valence-electron chi connectivity index (χ0n) is 10.8. The van der Waals surface area contributed by atoms with Crippen molar-refractivity contribution in [1.29, 1.82) is 0 Å². The third-order valence-electron chi connectivity index (χ3n) is 3.00. The lowest BCUT2D eigenvalue weighted by Crippen LogP contribution is -2.35. The van der Waals surface area contributed by atoms with Gasteiger partial charge in [0.05, 0.1) is 18.6 Å². The van der Waals surface area contributed by atoms with Gasteiger partial charge in [0.15, 0.2) is 0 Å². The average Bonchev–Trinajstić information content (AvgIpc) is 2.74. The fraction of sp³-hybridized carbons (Fsp3) is 0.357. The number of imidazole rings is 1. The van der Waals surface area contributed by atoms with E-state index in [2.05, 4.69) is 4.98 Å². The molecule has 0 unspecified atom stereocenters. The summed E-state index contributed by atoms with van der Waals surface area (Å²) in [6, 6.07) is 6.06. The lowest BCUT2D eigenvalue weighted by atomic mass is 10.1.